The Morgan fingerprint density at radius 2 is 2.21 bits per heavy atom. The summed E-state index contributed by atoms with van der Waals surface area (Å²) in [7, 11) is 0. The molecule has 2 aromatic rings. The van der Waals surface area contributed by atoms with Crippen LogP contribution in [0.25, 0.3) is 0 Å². The zero-order chi connectivity index (χ0) is 13.2. The highest BCUT2D eigenvalue weighted by Gasteiger charge is 2.30. The van der Waals surface area contributed by atoms with Gasteiger partial charge in [0.05, 0.1) is 12.0 Å². The van der Waals surface area contributed by atoms with E-state index in [-0.39, 0.29) is 12.0 Å². The number of aromatic nitrogens is 2. The molecule has 1 aliphatic heterocycles. The van der Waals surface area contributed by atoms with Gasteiger partial charge in [-0.1, -0.05) is 25.1 Å². The zero-order valence-corrected chi connectivity index (χ0v) is 11.1. The van der Waals surface area contributed by atoms with Crippen LogP contribution >= 0.6 is 0 Å². The molecule has 19 heavy (non-hydrogen) atoms. The summed E-state index contributed by atoms with van der Waals surface area (Å²) in [5.74, 6) is 2.21. The standard InChI is InChI=1S/C14H17N3O2/c1-3-15-9(2)13-16-17-14(19-13)11-8-18-12-7-5-4-6-10(11)12/h4-7,9,11,15H,3,8H2,1-2H3. The number of nitrogens with one attached hydrogen (secondary N) is 1. The van der Waals surface area contributed by atoms with Gasteiger partial charge >= 0.3 is 0 Å². The van der Waals surface area contributed by atoms with Crippen LogP contribution in [-0.2, 0) is 0 Å². The third-order valence-corrected chi connectivity index (χ3v) is 3.34. The smallest absolute Gasteiger partial charge is 0.233 e. The first-order chi connectivity index (χ1) is 9.29. The Kier molecular flexibility index (Phi) is 3.21. The third kappa shape index (κ3) is 2.21. The summed E-state index contributed by atoms with van der Waals surface area (Å²) >= 11 is 0. The largest absolute Gasteiger partial charge is 0.492 e. The van der Waals surface area contributed by atoms with E-state index in [1.54, 1.807) is 0 Å². The van der Waals surface area contributed by atoms with Crippen molar-refractivity contribution in [2.75, 3.05) is 13.2 Å². The average Bonchev–Trinajstić information content (AvgIpc) is 3.05. The zero-order valence-electron chi connectivity index (χ0n) is 11.1. The minimum absolute atomic E-state index is 0.0475. The predicted molar refractivity (Wildman–Crippen MR) is 70.2 cm³/mol. The summed E-state index contributed by atoms with van der Waals surface area (Å²) in [6, 6.07) is 8.05. The molecule has 1 aromatic carbocycles. The summed E-state index contributed by atoms with van der Waals surface area (Å²) in [5.41, 5.74) is 1.12. The van der Waals surface area contributed by atoms with Crippen molar-refractivity contribution in [1.82, 2.24) is 15.5 Å². The highest BCUT2D eigenvalue weighted by molar-refractivity contribution is 5.42. The summed E-state index contributed by atoms with van der Waals surface area (Å²) in [6.45, 7) is 5.50. The van der Waals surface area contributed by atoms with Gasteiger partial charge in [0.2, 0.25) is 11.8 Å². The van der Waals surface area contributed by atoms with Gasteiger partial charge in [-0.3, -0.25) is 0 Å². The second-order valence-corrected chi connectivity index (χ2v) is 4.66. The molecule has 0 radical (unpaired) electrons. The first-order valence-corrected chi connectivity index (χ1v) is 6.58. The van der Waals surface area contributed by atoms with E-state index < -0.39 is 0 Å². The summed E-state index contributed by atoms with van der Waals surface area (Å²) in [6.07, 6.45) is 0. The van der Waals surface area contributed by atoms with E-state index in [4.69, 9.17) is 9.15 Å². The molecule has 0 saturated carbocycles. The van der Waals surface area contributed by atoms with E-state index in [0.29, 0.717) is 18.4 Å². The van der Waals surface area contributed by atoms with Crippen LogP contribution < -0.4 is 10.1 Å². The third-order valence-electron chi connectivity index (χ3n) is 3.34. The molecule has 2 atom stereocenters. The fraction of sp³-hybridized carbons (Fsp3) is 0.429. The molecule has 5 nitrogen and oxygen atoms in total. The Morgan fingerprint density at radius 1 is 1.37 bits per heavy atom. The number of rotatable bonds is 4. The monoisotopic (exact) mass is 259 g/mol. The molecule has 1 N–H and O–H groups in total. The number of para-hydroxylation sites is 1. The van der Waals surface area contributed by atoms with Gasteiger partial charge in [0.15, 0.2) is 0 Å². The second-order valence-electron chi connectivity index (χ2n) is 4.66. The SMILES string of the molecule is CCNC(C)c1nnc(C2COc3ccccc32)o1. The minimum atomic E-state index is 0.0475. The van der Waals surface area contributed by atoms with Crippen LogP contribution in [0.1, 0.15) is 43.2 Å². The van der Waals surface area contributed by atoms with Crippen molar-refractivity contribution < 1.29 is 9.15 Å². The molecule has 0 bridgehead atoms. The Labute approximate surface area is 112 Å². The van der Waals surface area contributed by atoms with Gasteiger partial charge in [-0.05, 0) is 19.5 Å². The lowest BCUT2D eigenvalue weighted by Gasteiger charge is -2.06. The molecule has 5 heteroatoms. The van der Waals surface area contributed by atoms with E-state index >= 15 is 0 Å². The van der Waals surface area contributed by atoms with Crippen molar-refractivity contribution in [3.63, 3.8) is 0 Å². The second kappa shape index (κ2) is 5.01. The fourth-order valence-electron chi connectivity index (χ4n) is 2.32. The van der Waals surface area contributed by atoms with Crippen LogP contribution in [0.5, 0.6) is 5.75 Å². The maximum absolute atomic E-state index is 5.77. The lowest BCUT2D eigenvalue weighted by atomic mass is 10.0. The Bertz CT molecular complexity index is 567. The van der Waals surface area contributed by atoms with E-state index in [1.807, 2.05) is 31.2 Å². The molecular formula is C14H17N3O2. The lowest BCUT2D eigenvalue weighted by molar-refractivity contribution is 0.316. The molecule has 0 aliphatic carbocycles. The number of nitrogens with zero attached hydrogens (tertiary/aromatic N) is 2. The predicted octanol–water partition coefficient (Wildman–Crippen LogP) is 2.26. The molecular weight excluding hydrogens is 242 g/mol. The summed E-state index contributed by atoms with van der Waals surface area (Å²) in [4.78, 5) is 0. The van der Waals surface area contributed by atoms with Crippen molar-refractivity contribution in [3.05, 3.63) is 41.6 Å². The van der Waals surface area contributed by atoms with Crippen molar-refractivity contribution in [2.45, 2.75) is 25.8 Å². The lowest BCUT2D eigenvalue weighted by Crippen LogP contribution is -2.17. The van der Waals surface area contributed by atoms with Gasteiger partial charge in [0.25, 0.3) is 0 Å². The molecule has 0 fully saturated rings. The molecule has 1 aromatic heterocycles. The van der Waals surface area contributed by atoms with Crippen LogP contribution in [0.15, 0.2) is 28.7 Å². The van der Waals surface area contributed by atoms with Crippen molar-refractivity contribution >= 4 is 0 Å². The Hall–Kier alpha value is -1.88. The van der Waals surface area contributed by atoms with Crippen LogP contribution in [0.3, 0.4) is 0 Å². The van der Waals surface area contributed by atoms with Crippen molar-refractivity contribution in [1.29, 1.82) is 0 Å². The topological polar surface area (TPSA) is 60.2 Å². The van der Waals surface area contributed by atoms with Gasteiger partial charge in [0.1, 0.15) is 12.4 Å². The first kappa shape index (κ1) is 12.2. The molecule has 1 aliphatic rings. The summed E-state index contributed by atoms with van der Waals surface area (Å²) < 4.78 is 11.4. The number of ether oxygens (including phenoxy) is 1. The molecule has 100 valence electrons. The molecule has 0 saturated heterocycles. The fourth-order valence-corrected chi connectivity index (χ4v) is 2.32. The van der Waals surface area contributed by atoms with Gasteiger partial charge in [-0.2, -0.15) is 0 Å². The maximum Gasteiger partial charge on any atom is 0.233 e. The van der Waals surface area contributed by atoms with E-state index in [2.05, 4.69) is 22.4 Å². The maximum atomic E-state index is 5.77. The minimum Gasteiger partial charge on any atom is -0.492 e. The molecule has 0 spiro atoms. The Balaban J connectivity index is 1.85. The van der Waals surface area contributed by atoms with Gasteiger partial charge in [-0.25, -0.2) is 0 Å². The van der Waals surface area contributed by atoms with Gasteiger partial charge < -0.3 is 14.5 Å². The highest BCUT2D eigenvalue weighted by atomic mass is 16.5. The Morgan fingerprint density at radius 3 is 3.05 bits per heavy atom. The molecule has 0 amide bonds. The molecule has 3 rings (SSSR count). The summed E-state index contributed by atoms with van der Waals surface area (Å²) in [5, 5.41) is 11.5. The molecule has 2 unspecified atom stereocenters. The van der Waals surface area contributed by atoms with Gasteiger partial charge in [0, 0.05) is 5.56 Å². The van der Waals surface area contributed by atoms with E-state index in [0.717, 1.165) is 17.9 Å². The van der Waals surface area contributed by atoms with E-state index in [9.17, 15) is 0 Å². The van der Waals surface area contributed by atoms with E-state index in [1.165, 1.54) is 0 Å². The van der Waals surface area contributed by atoms with Crippen molar-refractivity contribution in [3.8, 4) is 5.75 Å². The van der Waals surface area contributed by atoms with Crippen LogP contribution in [0.4, 0.5) is 0 Å². The first-order valence-electron chi connectivity index (χ1n) is 6.58. The average molecular weight is 259 g/mol. The van der Waals surface area contributed by atoms with Gasteiger partial charge in [-0.15, -0.1) is 10.2 Å². The van der Waals surface area contributed by atoms with Crippen LogP contribution in [-0.4, -0.2) is 23.3 Å². The number of hydrogen-bond donors (Lipinski definition) is 1. The number of hydrogen-bond acceptors (Lipinski definition) is 5. The van der Waals surface area contributed by atoms with Crippen LogP contribution in [0.2, 0.25) is 0 Å². The quantitative estimate of drug-likeness (QED) is 0.912. The number of fused-ring (bicyclic) bond motifs is 1. The number of benzene rings is 1. The normalized spacial score (nSPS) is 18.9. The van der Waals surface area contributed by atoms with Crippen LogP contribution in [0, 0.1) is 0 Å². The molecule has 2 heterocycles. The van der Waals surface area contributed by atoms with Crippen molar-refractivity contribution in [2.24, 2.45) is 0 Å². The highest BCUT2D eigenvalue weighted by Crippen LogP contribution is 2.37.